The minimum Gasteiger partial charge on any atom is -0.496 e. The lowest BCUT2D eigenvalue weighted by atomic mass is 9.85. The van der Waals surface area contributed by atoms with Crippen LogP contribution in [-0.2, 0) is 26.8 Å². The Hall–Kier alpha value is -4.59. The van der Waals surface area contributed by atoms with Gasteiger partial charge in [0, 0.05) is 41.9 Å². The number of hydrogen-bond acceptors (Lipinski definition) is 10. The summed E-state index contributed by atoms with van der Waals surface area (Å²) in [6.45, 7) is 1.14. The molecule has 0 bridgehead atoms. The largest absolute Gasteiger partial charge is 0.496 e. The minimum atomic E-state index is -3.46. The number of nitrogens with zero attached hydrogens (tertiary/aromatic N) is 3. The van der Waals surface area contributed by atoms with E-state index in [-0.39, 0.29) is 23.2 Å². The van der Waals surface area contributed by atoms with E-state index in [1.807, 2.05) is 42.5 Å². The van der Waals surface area contributed by atoms with E-state index in [0.717, 1.165) is 33.1 Å². The van der Waals surface area contributed by atoms with Gasteiger partial charge in [-0.3, -0.25) is 0 Å². The lowest BCUT2D eigenvalue weighted by molar-refractivity contribution is 0.0284. The zero-order chi connectivity index (χ0) is 34.3. The number of aromatic nitrogens is 3. The number of rotatable bonds is 15. The van der Waals surface area contributed by atoms with Crippen molar-refractivity contribution in [3.63, 3.8) is 0 Å². The molecule has 254 valence electrons. The van der Waals surface area contributed by atoms with E-state index >= 15 is 0 Å². The van der Waals surface area contributed by atoms with Gasteiger partial charge in [-0.25, -0.2) is 27.8 Å². The van der Waals surface area contributed by atoms with Gasteiger partial charge in [0.25, 0.3) is 0 Å². The maximum atomic E-state index is 13.6. The van der Waals surface area contributed by atoms with Crippen LogP contribution in [0.2, 0.25) is 0 Å². The number of anilines is 2. The number of sulfone groups is 1. The first-order chi connectivity index (χ1) is 23.8. The predicted molar refractivity (Wildman–Crippen MR) is 189 cm³/mol. The highest BCUT2D eigenvalue weighted by Crippen LogP contribution is 2.45. The second-order valence-electron chi connectivity index (χ2n) is 11.5. The summed E-state index contributed by atoms with van der Waals surface area (Å²) in [5.74, 6) is 1.53. The van der Waals surface area contributed by atoms with Crippen molar-refractivity contribution >= 4 is 48.2 Å². The van der Waals surface area contributed by atoms with Crippen molar-refractivity contribution in [2.24, 2.45) is 0 Å². The van der Waals surface area contributed by atoms with Crippen LogP contribution in [0.5, 0.6) is 11.5 Å². The van der Waals surface area contributed by atoms with Crippen molar-refractivity contribution in [3.05, 3.63) is 119 Å². The molecule has 3 aromatic carbocycles. The Morgan fingerprint density at radius 1 is 1.00 bits per heavy atom. The highest BCUT2D eigenvalue weighted by molar-refractivity contribution is 9.10. The van der Waals surface area contributed by atoms with Crippen LogP contribution in [0.3, 0.4) is 0 Å². The molecule has 2 aromatic heterocycles. The van der Waals surface area contributed by atoms with Gasteiger partial charge < -0.3 is 24.8 Å². The van der Waals surface area contributed by atoms with E-state index in [1.54, 1.807) is 31.6 Å². The second kappa shape index (κ2) is 15.3. The van der Waals surface area contributed by atoms with Gasteiger partial charge in [0.05, 0.1) is 29.1 Å². The first-order valence-electron chi connectivity index (χ1n) is 15.7. The molecule has 2 N–H and O–H groups in total. The summed E-state index contributed by atoms with van der Waals surface area (Å²) < 4.78 is 57.5. The van der Waals surface area contributed by atoms with Crippen molar-refractivity contribution in [2.75, 3.05) is 31.3 Å². The van der Waals surface area contributed by atoms with Crippen molar-refractivity contribution < 1.29 is 27.0 Å². The molecule has 10 nitrogen and oxygen atoms in total. The van der Waals surface area contributed by atoms with E-state index in [4.69, 9.17) is 14.2 Å². The fraction of sp³-hybridized carbons (Fsp3) is 0.250. The first kappa shape index (κ1) is 34.3. The zero-order valence-corrected chi connectivity index (χ0v) is 29.1. The molecule has 5 aromatic rings. The monoisotopic (exact) mass is 747 g/mol. The Labute approximate surface area is 292 Å². The maximum absolute atomic E-state index is 13.6. The number of benzene rings is 3. The van der Waals surface area contributed by atoms with Crippen molar-refractivity contribution in [3.8, 4) is 11.5 Å². The quantitative estimate of drug-likeness (QED) is 0.106. The van der Waals surface area contributed by atoms with E-state index < -0.39 is 15.4 Å². The van der Waals surface area contributed by atoms with Gasteiger partial charge in [-0.05, 0) is 95.5 Å². The summed E-state index contributed by atoms with van der Waals surface area (Å²) in [5, 5.41) is 7.53. The van der Waals surface area contributed by atoms with E-state index in [1.165, 1.54) is 30.7 Å². The summed E-state index contributed by atoms with van der Waals surface area (Å²) >= 11 is 3.59. The standard InChI is InChI=1S/C36H35BrFN5O5S/c1-46-33-22-31-28(35(42-24-41-31)43-27-10-11-32(30(37)20-27)47-23-25-7-4-8-26(38)19-25)21-29(33)36(13-6-17-48-36)12-5-14-39-16-18-49(44,45)34-9-2-3-15-40-34/h2-4,6-11,15,17,19-22,24,39H,5,12-14,16,18,23H2,1H3,(H,41,42,43). The third-order valence-electron chi connectivity index (χ3n) is 8.20. The topological polar surface area (TPSA) is 125 Å². The van der Waals surface area contributed by atoms with Crippen LogP contribution in [0.1, 0.15) is 30.4 Å². The molecule has 0 amide bonds. The number of fused-ring (bicyclic) bond motifs is 1. The molecule has 0 spiro atoms. The molecular weight excluding hydrogens is 713 g/mol. The Morgan fingerprint density at radius 3 is 2.65 bits per heavy atom. The summed E-state index contributed by atoms with van der Waals surface area (Å²) in [4.78, 5) is 13.0. The number of halogens is 2. The highest BCUT2D eigenvalue weighted by Gasteiger charge is 2.38. The predicted octanol–water partition coefficient (Wildman–Crippen LogP) is 7.23. The summed E-state index contributed by atoms with van der Waals surface area (Å²) in [7, 11) is -1.83. The van der Waals surface area contributed by atoms with E-state index in [0.29, 0.717) is 48.8 Å². The highest BCUT2D eigenvalue weighted by atomic mass is 79.9. The molecule has 1 aliphatic heterocycles. The van der Waals surface area contributed by atoms with Gasteiger partial charge in [0.1, 0.15) is 41.7 Å². The van der Waals surface area contributed by atoms with Crippen LogP contribution in [0.4, 0.5) is 15.9 Å². The van der Waals surface area contributed by atoms with Gasteiger partial charge in [0.2, 0.25) is 0 Å². The number of nitrogens with one attached hydrogen (secondary N) is 2. The van der Waals surface area contributed by atoms with Gasteiger partial charge in [0.15, 0.2) is 14.9 Å². The average Bonchev–Trinajstić information content (AvgIpc) is 3.59. The SMILES string of the molecule is COc1cc2ncnc(Nc3ccc(OCc4cccc(F)c4)c(Br)c3)c2cc1C1(CCCNCCS(=O)(=O)c2ccccn2)CC=CO1. The van der Waals surface area contributed by atoms with Crippen molar-refractivity contribution in [1.82, 2.24) is 20.3 Å². The second-order valence-corrected chi connectivity index (χ2v) is 14.4. The Bertz CT molecular complexity index is 2060. The molecule has 0 saturated heterocycles. The normalized spacial score (nSPS) is 15.7. The Kier molecular flexibility index (Phi) is 10.7. The van der Waals surface area contributed by atoms with Gasteiger partial charge in [-0.1, -0.05) is 18.2 Å². The van der Waals surface area contributed by atoms with E-state index in [2.05, 4.69) is 41.5 Å². The van der Waals surface area contributed by atoms with Crippen molar-refractivity contribution in [1.29, 1.82) is 0 Å². The number of methoxy groups -OCH3 is 1. The van der Waals surface area contributed by atoms with Crippen LogP contribution in [0.25, 0.3) is 10.9 Å². The van der Waals surface area contributed by atoms with Gasteiger partial charge in [-0.2, -0.15) is 0 Å². The molecule has 0 fully saturated rings. The third kappa shape index (κ3) is 8.18. The molecule has 1 aliphatic rings. The van der Waals surface area contributed by atoms with Crippen molar-refractivity contribution in [2.45, 2.75) is 36.5 Å². The van der Waals surface area contributed by atoms with Gasteiger partial charge >= 0.3 is 0 Å². The van der Waals surface area contributed by atoms with Crippen LogP contribution in [0, 0.1) is 5.82 Å². The smallest absolute Gasteiger partial charge is 0.196 e. The van der Waals surface area contributed by atoms with E-state index in [9.17, 15) is 12.8 Å². The molecule has 0 radical (unpaired) electrons. The average molecular weight is 749 g/mol. The fourth-order valence-corrected chi connectivity index (χ4v) is 7.35. The summed E-state index contributed by atoms with van der Waals surface area (Å²) in [6, 6.07) is 20.7. The molecule has 6 rings (SSSR count). The lowest BCUT2D eigenvalue weighted by Gasteiger charge is -2.31. The first-order valence-corrected chi connectivity index (χ1v) is 18.2. The Balaban J connectivity index is 1.15. The number of ether oxygens (including phenoxy) is 3. The Morgan fingerprint density at radius 2 is 1.90 bits per heavy atom. The molecular formula is C36H35BrFN5O5S. The zero-order valence-electron chi connectivity index (χ0n) is 26.7. The molecule has 1 atom stereocenters. The van der Waals surface area contributed by atoms with Crippen LogP contribution in [-0.4, -0.2) is 49.3 Å². The number of pyridine rings is 1. The third-order valence-corrected chi connectivity index (χ3v) is 10.4. The molecule has 0 aliphatic carbocycles. The van der Waals surface area contributed by atoms with Crippen LogP contribution in [0.15, 0.2) is 107 Å². The molecule has 0 saturated carbocycles. The number of hydrogen-bond donors (Lipinski definition) is 2. The lowest BCUT2D eigenvalue weighted by Crippen LogP contribution is -2.29. The van der Waals surface area contributed by atoms with Gasteiger partial charge in [-0.15, -0.1) is 0 Å². The molecule has 3 heterocycles. The molecule has 49 heavy (non-hydrogen) atoms. The molecule has 13 heteroatoms. The summed E-state index contributed by atoms with van der Waals surface area (Å²) in [6.07, 6.45) is 8.71. The minimum absolute atomic E-state index is 0.0390. The maximum Gasteiger partial charge on any atom is 0.196 e. The molecule has 1 unspecified atom stereocenters. The van der Waals surface area contributed by atoms with Crippen LogP contribution >= 0.6 is 15.9 Å². The van der Waals surface area contributed by atoms with Crippen LogP contribution < -0.4 is 20.1 Å². The summed E-state index contributed by atoms with van der Waals surface area (Å²) in [5.41, 5.74) is 2.38. The fourth-order valence-electron chi connectivity index (χ4n) is 5.73.